The fourth-order valence-electron chi connectivity index (χ4n) is 1.55. The van der Waals surface area contributed by atoms with Crippen molar-refractivity contribution in [2.45, 2.75) is 30.8 Å². The number of aliphatic imine (C=N–C) groups is 1. The summed E-state index contributed by atoms with van der Waals surface area (Å²) in [7, 11) is 1.69. The monoisotopic (exact) mass is 278 g/mol. The zero-order chi connectivity index (χ0) is 14.8. The number of carbonyl (C=O) groups excluding carboxylic acids is 1. The van der Waals surface area contributed by atoms with E-state index < -0.39 is 31.0 Å². The lowest BCUT2D eigenvalue weighted by molar-refractivity contribution is -0.118. The maximum atomic E-state index is 9.83. The van der Waals surface area contributed by atoms with Gasteiger partial charge in [-0.05, 0) is 20.0 Å². The second-order valence-electron chi connectivity index (χ2n) is 4.39. The summed E-state index contributed by atoms with van der Waals surface area (Å²) in [4.78, 5) is 14.9. The Bertz CT molecular complexity index is 284. The number of isocyanates is 1. The van der Waals surface area contributed by atoms with E-state index in [0.717, 1.165) is 0 Å². The van der Waals surface area contributed by atoms with Crippen LogP contribution in [0.1, 0.15) is 6.42 Å². The number of aliphatic hydroxyl groups excluding tert-OH is 5. The fraction of sp³-hybridized carbons (Fsp3) is 0.909. The van der Waals surface area contributed by atoms with E-state index in [1.54, 1.807) is 11.9 Å². The van der Waals surface area contributed by atoms with Crippen LogP contribution in [0.3, 0.4) is 0 Å². The molecule has 19 heavy (non-hydrogen) atoms. The van der Waals surface area contributed by atoms with Crippen molar-refractivity contribution >= 4 is 6.08 Å². The summed E-state index contributed by atoms with van der Waals surface area (Å²) in [6, 6.07) is 0. The number of rotatable bonds is 10. The summed E-state index contributed by atoms with van der Waals surface area (Å²) in [6.45, 7) is 0.234. The molecular formula is C11H22N2O6. The minimum Gasteiger partial charge on any atom is -0.394 e. The number of likely N-dealkylation sites (N-methyl/N-ethyl adjacent to an activating group) is 1. The van der Waals surface area contributed by atoms with Crippen molar-refractivity contribution in [3.8, 4) is 0 Å². The van der Waals surface area contributed by atoms with E-state index in [4.69, 9.17) is 10.2 Å². The summed E-state index contributed by atoms with van der Waals surface area (Å²) in [5.41, 5.74) is 0. The van der Waals surface area contributed by atoms with Gasteiger partial charge in [0.05, 0.1) is 19.3 Å². The molecule has 0 saturated carbocycles. The molecule has 0 bridgehead atoms. The van der Waals surface area contributed by atoms with Gasteiger partial charge in [0.2, 0.25) is 6.08 Å². The third-order valence-corrected chi connectivity index (χ3v) is 2.70. The topological polar surface area (TPSA) is 134 Å². The van der Waals surface area contributed by atoms with E-state index in [1.807, 2.05) is 0 Å². The second kappa shape index (κ2) is 9.99. The van der Waals surface area contributed by atoms with Crippen LogP contribution in [0.25, 0.3) is 0 Å². The molecule has 0 amide bonds. The first-order chi connectivity index (χ1) is 8.93. The van der Waals surface area contributed by atoms with Crippen LogP contribution >= 0.6 is 0 Å². The zero-order valence-corrected chi connectivity index (χ0v) is 10.9. The van der Waals surface area contributed by atoms with Crippen LogP contribution in [-0.2, 0) is 4.79 Å². The minimum absolute atomic E-state index is 0.0706. The van der Waals surface area contributed by atoms with E-state index in [-0.39, 0.29) is 6.54 Å². The van der Waals surface area contributed by atoms with Crippen LogP contribution in [0.4, 0.5) is 0 Å². The molecule has 0 heterocycles. The summed E-state index contributed by atoms with van der Waals surface area (Å²) < 4.78 is 0. The van der Waals surface area contributed by atoms with Crippen molar-refractivity contribution < 1.29 is 30.3 Å². The van der Waals surface area contributed by atoms with Gasteiger partial charge in [-0.1, -0.05) is 0 Å². The predicted molar refractivity (Wildman–Crippen MR) is 66.2 cm³/mol. The van der Waals surface area contributed by atoms with E-state index >= 15 is 0 Å². The maximum absolute atomic E-state index is 9.83. The van der Waals surface area contributed by atoms with Crippen LogP contribution in [0.5, 0.6) is 0 Å². The van der Waals surface area contributed by atoms with Crippen molar-refractivity contribution in [2.24, 2.45) is 4.99 Å². The van der Waals surface area contributed by atoms with E-state index in [9.17, 15) is 20.1 Å². The molecular weight excluding hydrogens is 256 g/mol. The van der Waals surface area contributed by atoms with Crippen LogP contribution in [0.15, 0.2) is 4.99 Å². The lowest BCUT2D eigenvalue weighted by Gasteiger charge is -2.28. The standard InChI is InChI=1S/C11H22N2O6/c1-13(4-2-3-12-7-15)5-8(16)10(18)11(19)9(17)6-14/h8-11,14,16-19H,2-6H2,1H3/t8-,9+,10+,11+/m0/s1. The molecule has 0 unspecified atom stereocenters. The first-order valence-electron chi connectivity index (χ1n) is 5.99. The molecule has 0 aliphatic rings. The van der Waals surface area contributed by atoms with Gasteiger partial charge in [0.25, 0.3) is 0 Å². The van der Waals surface area contributed by atoms with Gasteiger partial charge in [-0.3, -0.25) is 0 Å². The van der Waals surface area contributed by atoms with Crippen LogP contribution < -0.4 is 0 Å². The first-order valence-corrected chi connectivity index (χ1v) is 5.99. The lowest BCUT2D eigenvalue weighted by atomic mass is 10.0. The summed E-state index contributed by atoms with van der Waals surface area (Å²) in [6.07, 6.45) is -3.94. The van der Waals surface area contributed by atoms with E-state index in [0.29, 0.717) is 19.5 Å². The quantitative estimate of drug-likeness (QED) is 0.164. The second-order valence-corrected chi connectivity index (χ2v) is 4.39. The molecule has 0 fully saturated rings. The van der Waals surface area contributed by atoms with Gasteiger partial charge in [-0.15, -0.1) is 0 Å². The third kappa shape index (κ3) is 7.34. The molecule has 0 radical (unpaired) electrons. The Hall–Kier alpha value is -0.860. The molecule has 0 aromatic rings. The summed E-state index contributed by atoms with van der Waals surface area (Å²) in [5.74, 6) is 0. The smallest absolute Gasteiger partial charge is 0.234 e. The molecule has 8 nitrogen and oxygen atoms in total. The Labute approximate surface area is 111 Å². The highest BCUT2D eigenvalue weighted by Crippen LogP contribution is 2.06. The van der Waals surface area contributed by atoms with Crippen molar-refractivity contribution in [3.05, 3.63) is 0 Å². The summed E-state index contributed by atoms with van der Waals surface area (Å²) >= 11 is 0. The average Bonchev–Trinajstić information content (AvgIpc) is 2.40. The highest BCUT2D eigenvalue weighted by molar-refractivity contribution is 5.32. The number of nitrogens with zero attached hydrogens (tertiary/aromatic N) is 2. The Morgan fingerprint density at radius 1 is 1.16 bits per heavy atom. The molecule has 0 aromatic carbocycles. The Balaban J connectivity index is 4.06. The van der Waals surface area contributed by atoms with Crippen LogP contribution in [0, 0.1) is 0 Å². The number of hydrogen-bond acceptors (Lipinski definition) is 8. The predicted octanol–water partition coefficient (Wildman–Crippen LogP) is -2.92. The fourth-order valence-corrected chi connectivity index (χ4v) is 1.55. The van der Waals surface area contributed by atoms with Crippen molar-refractivity contribution in [2.75, 3.05) is 33.3 Å². The highest BCUT2D eigenvalue weighted by atomic mass is 16.4. The average molecular weight is 278 g/mol. The van der Waals surface area contributed by atoms with Gasteiger partial charge >= 0.3 is 0 Å². The molecule has 0 aliphatic carbocycles. The van der Waals surface area contributed by atoms with Crippen LogP contribution in [-0.4, -0.2) is 94.2 Å². The van der Waals surface area contributed by atoms with Gasteiger partial charge in [-0.25, -0.2) is 9.79 Å². The third-order valence-electron chi connectivity index (χ3n) is 2.70. The maximum Gasteiger partial charge on any atom is 0.234 e. The Kier molecular flexibility index (Phi) is 9.54. The Morgan fingerprint density at radius 2 is 1.74 bits per heavy atom. The van der Waals surface area contributed by atoms with Crippen molar-refractivity contribution in [3.63, 3.8) is 0 Å². The van der Waals surface area contributed by atoms with Gasteiger partial charge in [0, 0.05) is 6.54 Å². The highest BCUT2D eigenvalue weighted by Gasteiger charge is 2.30. The molecule has 0 rings (SSSR count). The molecule has 5 N–H and O–H groups in total. The number of hydrogen-bond donors (Lipinski definition) is 5. The van der Waals surface area contributed by atoms with Crippen LogP contribution in [0.2, 0.25) is 0 Å². The molecule has 0 spiro atoms. The molecule has 112 valence electrons. The van der Waals surface area contributed by atoms with Gasteiger partial charge in [0.1, 0.15) is 18.3 Å². The summed E-state index contributed by atoms with van der Waals surface area (Å²) in [5, 5.41) is 46.4. The largest absolute Gasteiger partial charge is 0.394 e. The number of aliphatic hydroxyl groups is 5. The van der Waals surface area contributed by atoms with Gasteiger partial charge in [-0.2, -0.15) is 0 Å². The molecule has 0 aromatic heterocycles. The van der Waals surface area contributed by atoms with Crippen molar-refractivity contribution in [1.82, 2.24) is 4.90 Å². The van der Waals surface area contributed by atoms with Crippen molar-refractivity contribution in [1.29, 1.82) is 0 Å². The van der Waals surface area contributed by atoms with Gasteiger partial charge < -0.3 is 30.4 Å². The van der Waals surface area contributed by atoms with E-state index in [1.165, 1.54) is 6.08 Å². The van der Waals surface area contributed by atoms with E-state index in [2.05, 4.69) is 4.99 Å². The lowest BCUT2D eigenvalue weighted by Crippen LogP contribution is -2.49. The minimum atomic E-state index is -1.62. The SMILES string of the molecule is CN(CCCN=C=O)C[C@H](O)[C@@H](O)[C@H](O)[C@H](O)CO. The van der Waals surface area contributed by atoms with Gasteiger partial charge in [0.15, 0.2) is 0 Å². The molecule has 8 heteroatoms. The molecule has 4 atom stereocenters. The molecule has 0 aliphatic heterocycles. The molecule has 0 saturated heterocycles. The first kappa shape index (κ1) is 18.1. The normalized spacial score (nSPS) is 17.6. The Morgan fingerprint density at radius 3 is 2.26 bits per heavy atom. The zero-order valence-electron chi connectivity index (χ0n) is 10.9.